The smallest absolute Gasteiger partial charge is 0.300 e. The highest BCUT2D eigenvalue weighted by Crippen LogP contribution is 2.08. The maximum atomic E-state index is 9.00. The fraction of sp³-hybridized carbons (Fsp3) is 0.688. The molecule has 1 N–H and O–H groups in total. The first-order valence-electron chi connectivity index (χ1n) is 7.10. The molecule has 0 radical (unpaired) electrons. The number of aliphatic carboxylic acids is 1. The Morgan fingerprint density at radius 2 is 1.44 bits per heavy atom. The molecule has 0 saturated heterocycles. The number of carbonyl (C=O) groups is 1. The van der Waals surface area contributed by atoms with Crippen molar-refractivity contribution in [3.05, 3.63) is 24.8 Å². The van der Waals surface area contributed by atoms with E-state index >= 15 is 0 Å². The fourth-order valence-corrected chi connectivity index (χ4v) is 1.54. The number of carboxylic acid groups (broad SMARTS) is 1. The third-order valence-corrected chi connectivity index (χ3v) is 2.43. The van der Waals surface area contributed by atoms with Gasteiger partial charge in [0.05, 0.1) is 0 Å². The molecule has 0 saturated carbocycles. The lowest BCUT2D eigenvalue weighted by Gasteiger charge is -1.98. The lowest BCUT2D eigenvalue weighted by atomic mass is 10.1. The van der Waals surface area contributed by atoms with E-state index in [4.69, 9.17) is 9.90 Å². The zero-order valence-corrected chi connectivity index (χ0v) is 12.2. The summed E-state index contributed by atoms with van der Waals surface area (Å²) < 4.78 is 0. The Hall–Kier alpha value is -1.05. The Morgan fingerprint density at radius 3 is 1.89 bits per heavy atom. The third-order valence-electron chi connectivity index (χ3n) is 2.43. The summed E-state index contributed by atoms with van der Waals surface area (Å²) in [6.45, 7) is 7.00. The van der Waals surface area contributed by atoms with Crippen LogP contribution in [0, 0.1) is 0 Å². The zero-order chi connectivity index (χ0) is 14.1. The molecule has 0 aromatic rings. The van der Waals surface area contributed by atoms with E-state index in [2.05, 4.69) is 25.7 Å². The molecular weight excluding hydrogens is 224 g/mol. The van der Waals surface area contributed by atoms with Crippen molar-refractivity contribution in [2.45, 2.75) is 71.6 Å². The first-order valence-corrected chi connectivity index (χ1v) is 7.10. The van der Waals surface area contributed by atoms with Gasteiger partial charge in [-0.1, -0.05) is 50.8 Å². The third kappa shape index (κ3) is 29.4. The van der Waals surface area contributed by atoms with Crippen LogP contribution in [-0.4, -0.2) is 11.1 Å². The summed E-state index contributed by atoms with van der Waals surface area (Å²) in [5.41, 5.74) is 0. The van der Waals surface area contributed by atoms with Crippen LogP contribution < -0.4 is 0 Å². The highest BCUT2D eigenvalue weighted by Gasteiger charge is 1.89. The van der Waals surface area contributed by atoms with Crippen molar-refractivity contribution < 1.29 is 9.90 Å². The number of rotatable bonds is 10. The predicted molar refractivity (Wildman–Crippen MR) is 79.9 cm³/mol. The monoisotopic (exact) mass is 254 g/mol. The number of hydrogen-bond donors (Lipinski definition) is 1. The molecule has 2 nitrogen and oxygen atoms in total. The van der Waals surface area contributed by atoms with Gasteiger partial charge in [-0.05, 0) is 32.1 Å². The van der Waals surface area contributed by atoms with Crippen LogP contribution in [0.25, 0.3) is 0 Å². The average Bonchev–Trinajstić information content (AvgIpc) is 2.31. The van der Waals surface area contributed by atoms with Crippen molar-refractivity contribution in [2.75, 3.05) is 0 Å². The number of unbranched alkanes of at least 4 members (excludes halogenated alkanes) is 7. The van der Waals surface area contributed by atoms with E-state index in [1.165, 1.54) is 57.8 Å². The Labute approximate surface area is 113 Å². The van der Waals surface area contributed by atoms with Gasteiger partial charge in [0, 0.05) is 6.92 Å². The van der Waals surface area contributed by atoms with E-state index < -0.39 is 5.97 Å². The van der Waals surface area contributed by atoms with Gasteiger partial charge in [0.2, 0.25) is 0 Å². The van der Waals surface area contributed by atoms with Gasteiger partial charge in [0.25, 0.3) is 5.97 Å². The number of hydrogen-bond acceptors (Lipinski definition) is 1. The van der Waals surface area contributed by atoms with Gasteiger partial charge in [-0.15, -0.1) is 6.58 Å². The standard InChI is InChI=1S/C14H26.C2H4O2/c1-3-5-7-9-11-13-14-12-10-8-6-4-2;1-2(3)4/h3,6,8H,1,4-5,7,9-14H2,2H3;1H3,(H,3,4)/b8-6+;. The largest absolute Gasteiger partial charge is 0.481 e. The minimum Gasteiger partial charge on any atom is -0.481 e. The molecule has 0 aromatic carbocycles. The van der Waals surface area contributed by atoms with E-state index in [1.807, 2.05) is 6.08 Å². The quantitative estimate of drug-likeness (QED) is 0.421. The van der Waals surface area contributed by atoms with Gasteiger partial charge in [0.15, 0.2) is 0 Å². The van der Waals surface area contributed by atoms with Crippen LogP contribution >= 0.6 is 0 Å². The summed E-state index contributed by atoms with van der Waals surface area (Å²) in [6, 6.07) is 0. The summed E-state index contributed by atoms with van der Waals surface area (Å²) in [7, 11) is 0. The number of allylic oxidation sites excluding steroid dienone is 3. The molecule has 0 unspecified atom stereocenters. The molecule has 0 aliphatic carbocycles. The first-order chi connectivity index (χ1) is 8.65. The van der Waals surface area contributed by atoms with Gasteiger partial charge in [-0.3, -0.25) is 4.79 Å². The topological polar surface area (TPSA) is 37.3 Å². The van der Waals surface area contributed by atoms with Crippen molar-refractivity contribution >= 4 is 5.97 Å². The summed E-state index contributed by atoms with van der Waals surface area (Å²) in [5, 5.41) is 7.42. The molecule has 0 rings (SSSR count). The zero-order valence-electron chi connectivity index (χ0n) is 12.2. The van der Waals surface area contributed by atoms with E-state index in [9.17, 15) is 0 Å². The van der Waals surface area contributed by atoms with Crippen molar-refractivity contribution in [2.24, 2.45) is 0 Å². The average molecular weight is 254 g/mol. The van der Waals surface area contributed by atoms with Crippen LogP contribution in [0.2, 0.25) is 0 Å². The fourth-order valence-electron chi connectivity index (χ4n) is 1.54. The summed E-state index contributed by atoms with van der Waals surface area (Å²) in [4.78, 5) is 9.00. The van der Waals surface area contributed by atoms with Crippen LogP contribution in [0.5, 0.6) is 0 Å². The maximum absolute atomic E-state index is 9.00. The summed E-state index contributed by atoms with van der Waals surface area (Å²) in [5.74, 6) is -0.833. The second-order valence-electron chi connectivity index (χ2n) is 4.39. The molecule has 0 spiro atoms. The predicted octanol–water partition coefficient (Wildman–Crippen LogP) is 5.35. The Bertz CT molecular complexity index is 203. The van der Waals surface area contributed by atoms with Crippen LogP contribution in [0.1, 0.15) is 71.6 Å². The van der Waals surface area contributed by atoms with E-state index in [-0.39, 0.29) is 0 Å². The Balaban J connectivity index is 0. The van der Waals surface area contributed by atoms with Crippen molar-refractivity contribution in [3.63, 3.8) is 0 Å². The Morgan fingerprint density at radius 1 is 1.00 bits per heavy atom. The minimum absolute atomic E-state index is 0.833. The van der Waals surface area contributed by atoms with Gasteiger partial charge in [-0.25, -0.2) is 0 Å². The molecule has 2 heteroatoms. The molecule has 0 aromatic heterocycles. The first kappa shape index (κ1) is 19.3. The normalized spacial score (nSPS) is 9.89. The SMILES string of the molecule is C=CCCCCCCCC/C=C/CC.CC(=O)O. The second kappa shape index (κ2) is 18.3. The van der Waals surface area contributed by atoms with Crippen molar-refractivity contribution in [1.82, 2.24) is 0 Å². The highest BCUT2D eigenvalue weighted by molar-refractivity contribution is 5.62. The lowest BCUT2D eigenvalue weighted by molar-refractivity contribution is -0.134. The van der Waals surface area contributed by atoms with E-state index in [0.717, 1.165) is 6.92 Å². The van der Waals surface area contributed by atoms with Crippen LogP contribution in [0.3, 0.4) is 0 Å². The van der Waals surface area contributed by atoms with E-state index in [1.54, 1.807) is 0 Å². The highest BCUT2D eigenvalue weighted by atomic mass is 16.4. The lowest BCUT2D eigenvalue weighted by Crippen LogP contribution is -1.79. The molecule has 0 atom stereocenters. The second-order valence-corrected chi connectivity index (χ2v) is 4.39. The molecule has 0 bridgehead atoms. The van der Waals surface area contributed by atoms with E-state index in [0.29, 0.717) is 0 Å². The van der Waals surface area contributed by atoms with Crippen LogP contribution in [0.15, 0.2) is 24.8 Å². The molecule has 0 fully saturated rings. The molecule has 0 aliphatic heterocycles. The van der Waals surface area contributed by atoms with Crippen molar-refractivity contribution in [3.8, 4) is 0 Å². The minimum atomic E-state index is -0.833. The van der Waals surface area contributed by atoms with Gasteiger partial charge in [-0.2, -0.15) is 0 Å². The van der Waals surface area contributed by atoms with Gasteiger partial charge >= 0.3 is 0 Å². The number of carboxylic acids is 1. The molecular formula is C16H30O2. The summed E-state index contributed by atoms with van der Waals surface area (Å²) >= 11 is 0. The van der Waals surface area contributed by atoms with Gasteiger partial charge in [0.1, 0.15) is 0 Å². The van der Waals surface area contributed by atoms with Crippen molar-refractivity contribution in [1.29, 1.82) is 0 Å². The maximum Gasteiger partial charge on any atom is 0.300 e. The molecule has 0 aliphatic rings. The molecule has 0 amide bonds. The van der Waals surface area contributed by atoms with Crippen LogP contribution in [0.4, 0.5) is 0 Å². The Kier molecular flexibility index (Phi) is 19.6. The van der Waals surface area contributed by atoms with Gasteiger partial charge < -0.3 is 5.11 Å². The van der Waals surface area contributed by atoms with Crippen LogP contribution in [-0.2, 0) is 4.79 Å². The summed E-state index contributed by atoms with van der Waals surface area (Å²) in [6.07, 6.45) is 18.6. The molecule has 0 heterocycles. The molecule has 18 heavy (non-hydrogen) atoms. The molecule has 106 valence electrons.